The molecule has 19 heavy (non-hydrogen) atoms. The van der Waals surface area contributed by atoms with Crippen LogP contribution in [0.4, 0.5) is 0 Å². The molecule has 1 saturated heterocycles. The molecular formula is C15H22N2O2. The number of nitrogens with one attached hydrogen (secondary N) is 1. The van der Waals surface area contributed by atoms with Crippen molar-refractivity contribution in [1.82, 2.24) is 10.2 Å². The number of amides is 1. The maximum atomic E-state index is 11.7. The first kappa shape index (κ1) is 13.9. The van der Waals surface area contributed by atoms with Crippen LogP contribution in [0.1, 0.15) is 25.8 Å². The predicted molar refractivity (Wildman–Crippen MR) is 75.1 cm³/mol. The Morgan fingerprint density at radius 1 is 1.37 bits per heavy atom. The van der Waals surface area contributed by atoms with Gasteiger partial charge in [0.25, 0.3) is 5.91 Å². The van der Waals surface area contributed by atoms with Crippen LogP contribution >= 0.6 is 0 Å². The second-order valence-electron chi connectivity index (χ2n) is 5.33. The van der Waals surface area contributed by atoms with E-state index in [2.05, 4.69) is 19.2 Å². The van der Waals surface area contributed by atoms with Gasteiger partial charge in [0.1, 0.15) is 5.75 Å². The number of likely N-dealkylation sites (N-methyl/N-ethyl adjacent to an activating group) is 1. The van der Waals surface area contributed by atoms with Crippen LogP contribution in [0.15, 0.2) is 24.3 Å². The number of likely N-dealkylation sites (tertiary alicyclic amines) is 1. The lowest BCUT2D eigenvalue weighted by atomic mass is 10.2. The number of hydrogen-bond donors (Lipinski definition) is 1. The smallest absolute Gasteiger partial charge is 0.263 e. The van der Waals surface area contributed by atoms with Gasteiger partial charge in [-0.1, -0.05) is 26.0 Å². The summed E-state index contributed by atoms with van der Waals surface area (Å²) in [6.07, 6.45) is 0.455. The molecule has 1 atom stereocenters. The van der Waals surface area contributed by atoms with Crippen molar-refractivity contribution >= 4 is 5.91 Å². The lowest BCUT2D eigenvalue weighted by Crippen LogP contribution is -2.29. The van der Waals surface area contributed by atoms with Crippen LogP contribution in [0.2, 0.25) is 0 Å². The molecule has 1 fully saturated rings. The van der Waals surface area contributed by atoms with Gasteiger partial charge >= 0.3 is 0 Å². The highest BCUT2D eigenvalue weighted by atomic mass is 16.5. The van der Waals surface area contributed by atoms with E-state index in [-0.39, 0.29) is 12.0 Å². The van der Waals surface area contributed by atoms with Gasteiger partial charge in [0.15, 0.2) is 6.10 Å². The number of nitrogens with zero attached hydrogens (tertiary/aromatic N) is 1. The van der Waals surface area contributed by atoms with Gasteiger partial charge in [-0.05, 0) is 17.7 Å². The van der Waals surface area contributed by atoms with E-state index in [0.717, 1.165) is 25.3 Å². The van der Waals surface area contributed by atoms with Crippen LogP contribution < -0.4 is 10.1 Å². The predicted octanol–water partition coefficient (Wildman–Crippen LogP) is 1.79. The molecule has 1 amide bonds. The lowest BCUT2D eigenvalue weighted by molar-refractivity contribution is -0.132. The first-order chi connectivity index (χ1) is 9.06. The first-order valence-corrected chi connectivity index (χ1v) is 6.80. The molecule has 1 aliphatic heterocycles. The Labute approximate surface area is 114 Å². The van der Waals surface area contributed by atoms with E-state index in [1.54, 1.807) is 4.90 Å². The number of carbonyl (C=O) groups is 1. The van der Waals surface area contributed by atoms with E-state index in [1.165, 1.54) is 5.56 Å². The summed E-state index contributed by atoms with van der Waals surface area (Å²) in [5, 5.41) is 3.37. The summed E-state index contributed by atoms with van der Waals surface area (Å²) in [6.45, 7) is 5.88. The third-order valence-corrected chi connectivity index (χ3v) is 3.29. The van der Waals surface area contributed by atoms with Gasteiger partial charge in [0.05, 0.1) is 0 Å². The fraction of sp³-hybridized carbons (Fsp3) is 0.533. The molecule has 0 saturated carbocycles. The molecule has 0 aromatic heterocycles. The highest BCUT2D eigenvalue weighted by Gasteiger charge is 2.30. The molecule has 1 unspecified atom stereocenters. The average Bonchev–Trinajstić information content (AvgIpc) is 2.70. The molecule has 104 valence electrons. The third kappa shape index (κ3) is 3.70. The Balaban J connectivity index is 1.90. The summed E-state index contributed by atoms with van der Waals surface area (Å²) in [7, 11) is 1.81. The van der Waals surface area contributed by atoms with Gasteiger partial charge in [0, 0.05) is 32.6 Å². The Kier molecular flexibility index (Phi) is 4.43. The second-order valence-corrected chi connectivity index (χ2v) is 5.33. The van der Waals surface area contributed by atoms with E-state index < -0.39 is 0 Å². The van der Waals surface area contributed by atoms with Crippen molar-refractivity contribution < 1.29 is 9.53 Å². The number of carbonyl (C=O) groups excluding carboxylic acids is 1. The average molecular weight is 262 g/mol. The normalized spacial score (nSPS) is 19.3. The zero-order valence-electron chi connectivity index (χ0n) is 11.8. The van der Waals surface area contributed by atoms with Crippen molar-refractivity contribution in [3.8, 4) is 5.75 Å². The minimum Gasteiger partial charge on any atom is -0.481 e. The van der Waals surface area contributed by atoms with Crippen molar-refractivity contribution in [3.05, 3.63) is 29.8 Å². The largest absolute Gasteiger partial charge is 0.481 e. The Hall–Kier alpha value is -1.55. The van der Waals surface area contributed by atoms with Gasteiger partial charge in [-0.3, -0.25) is 4.79 Å². The van der Waals surface area contributed by atoms with E-state index in [9.17, 15) is 4.79 Å². The molecule has 0 bridgehead atoms. The Bertz CT molecular complexity index is 428. The fourth-order valence-electron chi connectivity index (χ4n) is 2.07. The zero-order valence-corrected chi connectivity index (χ0v) is 11.8. The first-order valence-electron chi connectivity index (χ1n) is 6.80. The van der Waals surface area contributed by atoms with Crippen LogP contribution in [0, 0.1) is 0 Å². The lowest BCUT2D eigenvalue weighted by Gasteiger charge is -2.13. The summed E-state index contributed by atoms with van der Waals surface area (Å²) in [5.41, 5.74) is 1.22. The molecule has 1 aliphatic rings. The molecule has 4 heteroatoms. The van der Waals surface area contributed by atoms with Gasteiger partial charge < -0.3 is 15.0 Å². The van der Waals surface area contributed by atoms with Crippen molar-refractivity contribution in [1.29, 1.82) is 0 Å². The van der Waals surface area contributed by atoms with Gasteiger partial charge in [-0.25, -0.2) is 0 Å². The topological polar surface area (TPSA) is 41.6 Å². The maximum Gasteiger partial charge on any atom is 0.263 e. The molecule has 1 N–H and O–H groups in total. The van der Waals surface area contributed by atoms with Gasteiger partial charge in [0.2, 0.25) is 0 Å². The van der Waals surface area contributed by atoms with E-state index in [0.29, 0.717) is 6.04 Å². The number of ether oxygens (including phenoxy) is 1. The number of hydrogen-bond acceptors (Lipinski definition) is 3. The SMILES string of the molecule is CC(C)NCc1ccc(OC2CCN(C)C2=O)cc1. The van der Waals surface area contributed by atoms with Crippen LogP contribution in [0.3, 0.4) is 0 Å². The molecule has 0 aliphatic carbocycles. The summed E-state index contributed by atoms with van der Waals surface area (Å²) >= 11 is 0. The molecule has 1 aromatic carbocycles. The Morgan fingerprint density at radius 2 is 2.05 bits per heavy atom. The van der Waals surface area contributed by atoms with E-state index in [4.69, 9.17) is 4.74 Å². The fourth-order valence-corrected chi connectivity index (χ4v) is 2.07. The molecular weight excluding hydrogens is 240 g/mol. The van der Waals surface area contributed by atoms with E-state index in [1.807, 2.05) is 31.3 Å². The maximum absolute atomic E-state index is 11.7. The summed E-state index contributed by atoms with van der Waals surface area (Å²) in [6, 6.07) is 8.41. The minimum absolute atomic E-state index is 0.0746. The quantitative estimate of drug-likeness (QED) is 0.879. The standard InChI is InChI=1S/C15H22N2O2/c1-11(2)16-10-12-4-6-13(7-5-12)19-14-8-9-17(3)15(14)18/h4-7,11,14,16H,8-10H2,1-3H3. The molecule has 0 radical (unpaired) electrons. The molecule has 2 rings (SSSR count). The third-order valence-electron chi connectivity index (χ3n) is 3.29. The van der Waals surface area contributed by atoms with Crippen LogP contribution in [0.5, 0.6) is 5.75 Å². The van der Waals surface area contributed by atoms with Crippen LogP contribution in [-0.4, -0.2) is 36.5 Å². The van der Waals surface area contributed by atoms with Gasteiger partial charge in [-0.15, -0.1) is 0 Å². The molecule has 0 spiro atoms. The second kappa shape index (κ2) is 6.06. The minimum atomic E-state index is -0.315. The van der Waals surface area contributed by atoms with Crippen molar-refractivity contribution in [2.75, 3.05) is 13.6 Å². The Morgan fingerprint density at radius 3 is 2.58 bits per heavy atom. The molecule has 1 aromatic rings. The van der Waals surface area contributed by atoms with Crippen molar-refractivity contribution in [2.45, 2.75) is 39.0 Å². The number of benzene rings is 1. The van der Waals surface area contributed by atoms with Gasteiger partial charge in [-0.2, -0.15) is 0 Å². The molecule has 4 nitrogen and oxygen atoms in total. The summed E-state index contributed by atoms with van der Waals surface area (Å²) in [5.74, 6) is 0.840. The van der Waals surface area contributed by atoms with E-state index >= 15 is 0 Å². The zero-order chi connectivity index (χ0) is 13.8. The van der Waals surface area contributed by atoms with Crippen molar-refractivity contribution in [3.63, 3.8) is 0 Å². The van der Waals surface area contributed by atoms with Crippen molar-refractivity contribution in [2.24, 2.45) is 0 Å². The molecule has 1 heterocycles. The van der Waals surface area contributed by atoms with Crippen LogP contribution in [-0.2, 0) is 11.3 Å². The monoisotopic (exact) mass is 262 g/mol. The number of rotatable bonds is 5. The summed E-state index contributed by atoms with van der Waals surface area (Å²) in [4.78, 5) is 13.5. The highest BCUT2D eigenvalue weighted by molar-refractivity contribution is 5.83. The highest BCUT2D eigenvalue weighted by Crippen LogP contribution is 2.19. The summed E-state index contributed by atoms with van der Waals surface area (Å²) < 4.78 is 5.73. The van der Waals surface area contributed by atoms with Crippen LogP contribution in [0.25, 0.3) is 0 Å².